The second kappa shape index (κ2) is 33.5. The Bertz CT molecular complexity index is 597. The molecule has 0 fully saturated rings. The fourth-order valence-corrected chi connectivity index (χ4v) is 6.42. The van der Waals surface area contributed by atoms with Gasteiger partial charge in [-0.15, -0.1) is 0 Å². The van der Waals surface area contributed by atoms with E-state index < -0.39 is 0 Å². The van der Waals surface area contributed by atoms with Crippen molar-refractivity contribution in [2.45, 2.75) is 214 Å². The van der Waals surface area contributed by atoms with Crippen molar-refractivity contribution < 1.29 is 14.3 Å². The molecular weight excluding hydrogens is 542 g/mol. The molecule has 44 heavy (non-hydrogen) atoms. The average Bonchev–Trinajstić information content (AvgIpc) is 3.01. The predicted molar refractivity (Wildman–Crippen MR) is 192 cm³/mol. The summed E-state index contributed by atoms with van der Waals surface area (Å²) in [4.78, 5) is 25.2. The van der Waals surface area contributed by atoms with Crippen molar-refractivity contribution in [3.63, 3.8) is 0 Å². The Labute approximate surface area is 276 Å². The van der Waals surface area contributed by atoms with E-state index in [1.807, 2.05) is 0 Å². The van der Waals surface area contributed by atoms with Crippen LogP contribution in [-0.2, 0) is 14.3 Å². The summed E-state index contributed by atoms with van der Waals surface area (Å²) in [7, 11) is 2.27. The van der Waals surface area contributed by atoms with E-state index in [-0.39, 0.29) is 5.97 Å². The van der Waals surface area contributed by atoms with Gasteiger partial charge >= 0.3 is 5.97 Å². The maximum Gasteiger partial charge on any atom is 0.305 e. The summed E-state index contributed by atoms with van der Waals surface area (Å²) in [5.41, 5.74) is 0. The predicted octanol–water partition coefficient (Wildman–Crippen LogP) is 12.3. The van der Waals surface area contributed by atoms with Crippen molar-refractivity contribution in [2.75, 3.05) is 20.2 Å². The van der Waals surface area contributed by atoms with Gasteiger partial charge in [-0.2, -0.15) is 0 Å². The molecule has 0 saturated carbocycles. The van der Waals surface area contributed by atoms with Crippen LogP contribution in [0.2, 0.25) is 0 Å². The quantitative estimate of drug-likeness (QED) is 0.0401. The van der Waals surface area contributed by atoms with E-state index in [9.17, 15) is 9.59 Å². The molecule has 4 heteroatoms. The van der Waals surface area contributed by atoms with Crippen molar-refractivity contribution in [2.24, 2.45) is 11.8 Å². The lowest BCUT2D eigenvalue weighted by atomic mass is 9.91. The highest BCUT2D eigenvalue weighted by atomic mass is 16.5. The van der Waals surface area contributed by atoms with Crippen molar-refractivity contribution >= 4 is 12.3 Å². The largest absolute Gasteiger partial charge is 0.466 e. The number of esters is 1. The van der Waals surface area contributed by atoms with Crippen LogP contribution in [0, 0.1) is 11.8 Å². The molecule has 0 bridgehead atoms. The number of nitrogens with zero attached hydrogens (tertiary/aromatic N) is 1. The van der Waals surface area contributed by atoms with Gasteiger partial charge in [-0.25, -0.2) is 0 Å². The Morgan fingerprint density at radius 1 is 0.591 bits per heavy atom. The van der Waals surface area contributed by atoms with Gasteiger partial charge in [-0.05, 0) is 65.0 Å². The first-order chi connectivity index (χ1) is 21.4. The van der Waals surface area contributed by atoms with Crippen LogP contribution in [0.5, 0.6) is 0 Å². The van der Waals surface area contributed by atoms with Crippen LogP contribution in [0.3, 0.4) is 0 Å². The zero-order chi connectivity index (χ0) is 32.5. The van der Waals surface area contributed by atoms with Crippen molar-refractivity contribution in [3.05, 3.63) is 0 Å². The zero-order valence-corrected chi connectivity index (χ0v) is 30.7. The fourth-order valence-electron chi connectivity index (χ4n) is 6.42. The normalized spacial score (nSPS) is 12.5. The molecule has 0 aromatic rings. The lowest BCUT2D eigenvalue weighted by Gasteiger charge is -2.24. The van der Waals surface area contributed by atoms with Gasteiger partial charge in [0, 0.05) is 18.9 Å². The Morgan fingerprint density at radius 3 is 1.50 bits per heavy atom. The van der Waals surface area contributed by atoms with Crippen molar-refractivity contribution in [1.82, 2.24) is 4.90 Å². The third kappa shape index (κ3) is 29.8. The number of unbranched alkanes of at least 4 members (excludes halogenated alkanes) is 17. The monoisotopic (exact) mass is 622 g/mol. The highest BCUT2D eigenvalue weighted by Crippen LogP contribution is 2.24. The van der Waals surface area contributed by atoms with Gasteiger partial charge in [0.1, 0.15) is 6.29 Å². The highest BCUT2D eigenvalue weighted by molar-refractivity contribution is 5.69. The first-order valence-corrected chi connectivity index (χ1v) is 19.7. The zero-order valence-electron chi connectivity index (χ0n) is 30.7. The number of hydrogen-bond acceptors (Lipinski definition) is 4. The number of carbonyl (C=O) groups is 2. The van der Waals surface area contributed by atoms with Crippen LogP contribution >= 0.6 is 0 Å². The van der Waals surface area contributed by atoms with Crippen LogP contribution in [0.15, 0.2) is 0 Å². The Balaban J connectivity index is 3.98. The molecule has 0 aliphatic rings. The number of ether oxygens (including phenoxy) is 1. The summed E-state index contributed by atoms with van der Waals surface area (Å²) in [5.74, 6) is 1.63. The molecular formula is C40H79NO3. The van der Waals surface area contributed by atoms with E-state index in [2.05, 4.69) is 39.6 Å². The van der Waals surface area contributed by atoms with Gasteiger partial charge in [-0.1, -0.05) is 155 Å². The van der Waals surface area contributed by atoms with E-state index in [1.165, 1.54) is 148 Å². The SMILES string of the molecule is CCCCCC(CCCCC)CCOC(=O)CCCCCCCCCC(CCCCCCCCCC=O)CCN(C)C(C)C. The summed E-state index contributed by atoms with van der Waals surface area (Å²) in [6.45, 7) is 11.0. The van der Waals surface area contributed by atoms with E-state index in [4.69, 9.17) is 4.74 Å². The number of carbonyl (C=O) groups excluding carboxylic acids is 2. The third-order valence-electron chi connectivity index (χ3n) is 9.92. The van der Waals surface area contributed by atoms with Crippen LogP contribution < -0.4 is 0 Å². The Hall–Kier alpha value is -0.900. The minimum atomic E-state index is 0.0228. The summed E-state index contributed by atoms with van der Waals surface area (Å²) in [5, 5.41) is 0. The molecule has 0 heterocycles. The Morgan fingerprint density at radius 2 is 1.02 bits per heavy atom. The van der Waals surface area contributed by atoms with Crippen molar-refractivity contribution in [3.8, 4) is 0 Å². The van der Waals surface area contributed by atoms with Gasteiger partial charge in [0.15, 0.2) is 0 Å². The minimum Gasteiger partial charge on any atom is -0.466 e. The summed E-state index contributed by atoms with van der Waals surface area (Å²) in [6.07, 6.45) is 35.8. The molecule has 0 saturated heterocycles. The van der Waals surface area contributed by atoms with E-state index in [0.717, 1.165) is 50.2 Å². The van der Waals surface area contributed by atoms with Gasteiger partial charge in [-0.3, -0.25) is 4.79 Å². The van der Waals surface area contributed by atoms with Crippen molar-refractivity contribution in [1.29, 1.82) is 0 Å². The van der Waals surface area contributed by atoms with Crippen LogP contribution in [0.1, 0.15) is 207 Å². The molecule has 262 valence electrons. The van der Waals surface area contributed by atoms with E-state index >= 15 is 0 Å². The standard InChI is InChI=1S/C40H79NO3/c1-6-8-21-27-39(28-22-9-7-2)33-36-44-40(43)31-25-19-15-12-14-18-24-30-38(32-34-41(5)37(3)4)29-23-17-13-10-11-16-20-26-35-42/h35,37-39H,6-34,36H2,1-5H3. The van der Waals surface area contributed by atoms with Gasteiger partial charge in [0.2, 0.25) is 0 Å². The van der Waals surface area contributed by atoms with Gasteiger partial charge in [0.25, 0.3) is 0 Å². The third-order valence-corrected chi connectivity index (χ3v) is 9.92. The minimum absolute atomic E-state index is 0.0228. The van der Waals surface area contributed by atoms with Crippen LogP contribution in [0.25, 0.3) is 0 Å². The lowest BCUT2D eigenvalue weighted by Crippen LogP contribution is -2.28. The fraction of sp³-hybridized carbons (Fsp3) is 0.950. The molecule has 0 aromatic carbocycles. The smallest absolute Gasteiger partial charge is 0.305 e. The highest BCUT2D eigenvalue weighted by Gasteiger charge is 2.13. The average molecular weight is 622 g/mol. The molecule has 1 atom stereocenters. The summed E-state index contributed by atoms with van der Waals surface area (Å²) < 4.78 is 5.63. The number of hydrogen-bond donors (Lipinski definition) is 0. The van der Waals surface area contributed by atoms with E-state index in [0.29, 0.717) is 19.1 Å². The second-order valence-corrected chi connectivity index (χ2v) is 14.3. The number of aldehydes is 1. The molecule has 0 aliphatic heterocycles. The second-order valence-electron chi connectivity index (χ2n) is 14.3. The molecule has 1 unspecified atom stereocenters. The number of rotatable bonds is 35. The first-order valence-electron chi connectivity index (χ1n) is 19.7. The molecule has 0 radical (unpaired) electrons. The summed E-state index contributed by atoms with van der Waals surface area (Å²) in [6, 6.07) is 0.629. The van der Waals surface area contributed by atoms with Crippen LogP contribution in [-0.4, -0.2) is 43.4 Å². The Kier molecular flexibility index (Phi) is 32.8. The maximum atomic E-state index is 12.3. The molecule has 0 aliphatic carbocycles. The topological polar surface area (TPSA) is 46.6 Å². The summed E-state index contributed by atoms with van der Waals surface area (Å²) >= 11 is 0. The molecule has 0 aromatic heterocycles. The molecule has 0 amide bonds. The van der Waals surface area contributed by atoms with E-state index in [1.54, 1.807) is 0 Å². The molecule has 0 spiro atoms. The molecule has 4 nitrogen and oxygen atoms in total. The van der Waals surface area contributed by atoms with Crippen LogP contribution in [0.4, 0.5) is 0 Å². The van der Waals surface area contributed by atoms with Gasteiger partial charge < -0.3 is 14.4 Å². The molecule has 0 rings (SSSR count). The lowest BCUT2D eigenvalue weighted by molar-refractivity contribution is -0.144. The van der Waals surface area contributed by atoms with Gasteiger partial charge in [0.05, 0.1) is 6.61 Å². The maximum absolute atomic E-state index is 12.3. The first kappa shape index (κ1) is 43.1. The molecule has 0 N–H and O–H groups in total.